The summed E-state index contributed by atoms with van der Waals surface area (Å²) in [4.78, 5) is 4.62. The zero-order valence-electron chi connectivity index (χ0n) is 18.9. The van der Waals surface area contributed by atoms with E-state index in [1.54, 1.807) is 43.0 Å². The van der Waals surface area contributed by atoms with E-state index < -0.39 is 0 Å². The smallest absolute Gasteiger partial charge is 0.238 e. The Morgan fingerprint density at radius 1 is 0.917 bits per heavy atom. The fraction of sp³-hybridized carbons (Fsp3) is 0.0345. The number of aliphatic imine (C=N–C) groups is 1. The van der Waals surface area contributed by atoms with Crippen molar-refractivity contribution in [3.63, 3.8) is 0 Å². The maximum absolute atomic E-state index is 10.0. The molecule has 0 saturated carbocycles. The molecule has 0 spiro atoms. The van der Waals surface area contributed by atoms with Crippen LogP contribution in [0, 0.1) is 14.9 Å². The van der Waals surface area contributed by atoms with E-state index in [1.165, 1.54) is 9.13 Å². The van der Waals surface area contributed by atoms with Crippen LogP contribution in [0.25, 0.3) is 33.7 Å². The van der Waals surface area contributed by atoms with E-state index in [2.05, 4.69) is 80.8 Å². The van der Waals surface area contributed by atoms with Crippen LogP contribution in [0.1, 0.15) is 16.7 Å². The number of aromatic nitrogens is 1. The minimum atomic E-state index is 0.199. The Labute approximate surface area is 220 Å². The van der Waals surface area contributed by atoms with Crippen LogP contribution in [-0.4, -0.2) is 10.8 Å². The van der Waals surface area contributed by atoms with Gasteiger partial charge in [0.05, 0.1) is 18.1 Å². The van der Waals surface area contributed by atoms with E-state index in [0.29, 0.717) is 22.8 Å². The normalized spacial score (nSPS) is 11.4. The van der Waals surface area contributed by atoms with Crippen molar-refractivity contribution in [3.05, 3.63) is 112 Å². The van der Waals surface area contributed by atoms with Crippen LogP contribution >= 0.6 is 22.6 Å². The molecule has 0 atom stereocenters. The van der Waals surface area contributed by atoms with E-state index in [4.69, 9.17) is 13.3 Å². The largest absolute Gasteiger partial charge is 0.464 e. The quantitative estimate of drug-likeness (QED) is 0.147. The van der Waals surface area contributed by atoms with Crippen molar-refractivity contribution in [1.82, 2.24) is 4.57 Å². The van der Waals surface area contributed by atoms with Gasteiger partial charge in [-0.25, -0.2) is 4.99 Å². The number of furan rings is 3. The van der Waals surface area contributed by atoms with Crippen LogP contribution in [-0.2, 0) is 6.54 Å². The zero-order chi connectivity index (χ0) is 24.5. The molecular weight excluding hydrogens is 565 g/mol. The Balaban J connectivity index is 1.43. The summed E-state index contributed by atoms with van der Waals surface area (Å²) in [5.74, 6) is 1.61. The van der Waals surface area contributed by atoms with Gasteiger partial charge in [-0.15, -0.1) is 0 Å². The number of hydrogen-bond donors (Lipinski definition) is 0. The Morgan fingerprint density at radius 2 is 1.67 bits per heavy atom. The summed E-state index contributed by atoms with van der Waals surface area (Å²) in [7, 11) is 0. The Hall–Kier alpha value is -4.29. The fourth-order valence-electron chi connectivity index (χ4n) is 4.27. The van der Waals surface area contributed by atoms with Crippen molar-refractivity contribution in [2.45, 2.75) is 6.54 Å². The van der Waals surface area contributed by atoms with Crippen molar-refractivity contribution in [3.8, 4) is 28.9 Å². The molecule has 0 fully saturated rings. The predicted octanol–water partition coefficient (Wildman–Crippen LogP) is 8.03. The summed E-state index contributed by atoms with van der Waals surface area (Å²) in [5.41, 5.74) is 4.05. The zero-order valence-corrected chi connectivity index (χ0v) is 21.0. The molecule has 0 aliphatic carbocycles. The Morgan fingerprint density at radius 3 is 2.39 bits per heavy atom. The van der Waals surface area contributed by atoms with Crippen molar-refractivity contribution >= 4 is 45.6 Å². The van der Waals surface area contributed by atoms with Gasteiger partial charge in [0.15, 0.2) is 11.5 Å². The monoisotopic (exact) mass is 583 g/mol. The molecule has 0 aliphatic heterocycles. The van der Waals surface area contributed by atoms with Gasteiger partial charge < -0.3 is 17.8 Å². The van der Waals surface area contributed by atoms with Crippen LogP contribution in [0.15, 0.2) is 110 Å². The lowest BCUT2D eigenvalue weighted by molar-refractivity contribution is 0.527. The Bertz CT molecular complexity index is 1720. The third kappa shape index (κ3) is 4.06. The third-order valence-corrected chi connectivity index (χ3v) is 6.64. The summed E-state index contributed by atoms with van der Waals surface area (Å²) in [6.07, 6.45) is 6.92. The van der Waals surface area contributed by atoms with E-state index >= 15 is 0 Å². The molecule has 36 heavy (non-hydrogen) atoms. The predicted molar refractivity (Wildman–Crippen MR) is 146 cm³/mol. The highest BCUT2D eigenvalue weighted by Gasteiger charge is 2.26. The van der Waals surface area contributed by atoms with Gasteiger partial charge in [-0.3, -0.25) is 0 Å². The highest BCUT2D eigenvalue weighted by molar-refractivity contribution is 14.1. The standard InChI is InChI=1S/C29H18IN3O3/c30-21-11-9-19(10-12-21)17-33-18-20(22-5-1-2-6-24(22)33)16-32-29-23(15-31)27(25-7-3-13-34-25)28(36-29)26-8-4-14-35-26/h1-14,16,18H,17H2. The van der Waals surface area contributed by atoms with E-state index in [0.717, 1.165) is 23.0 Å². The average Bonchev–Trinajstić information content (AvgIpc) is 3.70. The minimum absolute atomic E-state index is 0.199. The SMILES string of the molecule is N#Cc1c(N=Cc2cn(Cc3ccc(I)cc3)c3ccccc23)oc(-c2ccco2)c1-c1ccco1. The molecule has 6 rings (SSSR count). The van der Waals surface area contributed by atoms with Gasteiger partial charge in [0.25, 0.3) is 0 Å². The first-order valence-corrected chi connectivity index (χ1v) is 12.3. The lowest BCUT2D eigenvalue weighted by Gasteiger charge is -2.05. The molecule has 0 aliphatic rings. The first kappa shape index (κ1) is 22.2. The molecular formula is C29H18IN3O3. The van der Waals surface area contributed by atoms with E-state index in [1.807, 2.05) is 12.1 Å². The van der Waals surface area contributed by atoms with E-state index in [9.17, 15) is 5.26 Å². The second-order valence-electron chi connectivity index (χ2n) is 8.17. The first-order valence-electron chi connectivity index (χ1n) is 11.2. The van der Waals surface area contributed by atoms with Gasteiger partial charge in [0, 0.05) is 39.0 Å². The first-order chi connectivity index (χ1) is 17.7. The molecule has 2 aromatic carbocycles. The molecule has 0 saturated heterocycles. The number of nitrogens with zero attached hydrogens (tertiary/aromatic N) is 3. The van der Waals surface area contributed by atoms with Crippen molar-refractivity contribution < 1.29 is 13.3 Å². The van der Waals surface area contributed by atoms with Crippen LogP contribution in [0.3, 0.4) is 0 Å². The molecule has 0 amide bonds. The number of para-hydroxylation sites is 1. The fourth-order valence-corrected chi connectivity index (χ4v) is 4.63. The molecule has 0 bridgehead atoms. The maximum Gasteiger partial charge on any atom is 0.238 e. The van der Waals surface area contributed by atoms with Crippen LogP contribution < -0.4 is 0 Å². The second kappa shape index (κ2) is 9.40. The molecule has 6 aromatic rings. The highest BCUT2D eigenvalue weighted by Crippen LogP contribution is 2.42. The summed E-state index contributed by atoms with van der Waals surface area (Å²) in [5, 5.41) is 11.1. The topological polar surface area (TPSA) is 80.5 Å². The molecule has 0 unspecified atom stereocenters. The highest BCUT2D eigenvalue weighted by atomic mass is 127. The molecule has 7 heteroatoms. The Kier molecular flexibility index (Phi) is 5.79. The lowest BCUT2D eigenvalue weighted by Crippen LogP contribution is -1.97. The van der Waals surface area contributed by atoms with Gasteiger partial charge in [0.1, 0.15) is 17.4 Å². The third-order valence-electron chi connectivity index (χ3n) is 5.92. The number of fused-ring (bicyclic) bond motifs is 1. The van der Waals surface area contributed by atoms with Gasteiger partial charge >= 0.3 is 0 Å². The summed E-state index contributed by atoms with van der Waals surface area (Å²) >= 11 is 2.31. The number of benzene rings is 2. The summed E-state index contributed by atoms with van der Waals surface area (Å²) in [6.45, 7) is 0.737. The second-order valence-corrected chi connectivity index (χ2v) is 9.41. The molecule has 4 heterocycles. The number of halogens is 1. The van der Waals surface area contributed by atoms with Crippen molar-refractivity contribution in [2.24, 2.45) is 4.99 Å². The van der Waals surface area contributed by atoms with E-state index in [-0.39, 0.29) is 11.4 Å². The van der Waals surface area contributed by atoms with Crippen molar-refractivity contribution in [1.29, 1.82) is 5.26 Å². The number of hydrogen-bond acceptors (Lipinski definition) is 5. The van der Waals surface area contributed by atoms with Crippen LogP contribution in [0.5, 0.6) is 0 Å². The van der Waals surface area contributed by atoms with Gasteiger partial charge in [-0.1, -0.05) is 30.3 Å². The molecule has 0 radical (unpaired) electrons. The van der Waals surface area contributed by atoms with Gasteiger partial charge in [-0.2, -0.15) is 5.26 Å². The average molecular weight is 583 g/mol. The lowest BCUT2D eigenvalue weighted by atomic mass is 10.1. The van der Waals surface area contributed by atoms with Crippen LogP contribution in [0.4, 0.5) is 5.88 Å². The minimum Gasteiger partial charge on any atom is -0.464 e. The summed E-state index contributed by atoms with van der Waals surface area (Å²) in [6, 6.07) is 26.0. The van der Waals surface area contributed by atoms with Gasteiger partial charge in [0.2, 0.25) is 5.88 Å². The molecule has 6 nitrogen and oxygen atoms in total. The van der Waals surface area contributed by atoms with Crippen molar-refractivity contribution in [2.75, 3.05) is 0 Å². The van der Waals surface area contributed by atoms with Gasteiger partial charge in [-0.05, 0) is 70.6 Å². The maximum atomic E-state index is 10.0. The molecule has 4 aromatic heterocycles. The molecule has 174 valence electrons. The number of nitriles is 1. The summed E-state index contributed by atoms with van der Waals surface area (Å²) < 4.78 is 20.6. The molecule has 0 N–H and O–H groups in total. The van der Waals surface area contributed by atoms with Crippen LogP contribution in [0.2, 0.25) is 0 Å². The number of rotatable bonds is 6.